The van der Waals surface area contributed by atoms with Crippen LogP contribution in [-0.2, 0) is 13.6 Å². The van der Waals surface area contributed by atoms with Crippen molar-refractivity contribution >= 4 is 5.84 Å². The van der Waals surface area contributed by atoms with Crippen molar-refractivity contribution in [3.63, 3.8) is 0 Å². The lowest BCUT2D eigenvalue weighted by atomic mass is 10.2. The molecule has 1 saturated heterocycles. The molecule has 0 spiro atoms. The van der Waals surface area contributed by atoms with Gasteiger partial charge in [0.1, 0.15) is 0 Å². The van der Waals surface area contributed by atoms with Crippen LogP contribution in [0.3, 0.4) is 0 Å². The molecule has 1 fully saturated rings. The van der Waals surface area contributed by atoms with Gasteiger partial charge < -0.3 is 10.9 Å². The fourth-order valence-electron chi connectivity index (χ4n) is 2.41. The van der Waals surface area contributed by atoms with Gasteiger partial charge in [-0.15, -0.1) is 0 Å². The average Bonchev–Trinajstić information content (AvgIpc) is 2.70. The molecule has 0 aliphatic carbocycles. The van der Waals surface area contributed by atoms with E-state index in [0.717, 1.165) is 38.4 Å². The van der Waals surface area contributed by atoms with Crippen molar-refractivity contribution in [1.82, 2.24) is 19.6 Å². The maximum absolute atomic E-state index is 8.56. The van der Waals surface area contributed by atoms with Crippen LogP contribution in [0.15, 0.2) is 11.2 Å². The molecule has 0 amide bonds. The largest absolute Gasteiger partial charge is 0.409 e. The number of hydrogen-bond acceptors (Lipinski definition) is 5. The van der Waals surface area contributed by atoms with Gasteiger partial charge in [0.2, 0.25) is 0 Å². The molecule has 7 nitrogen and oxygen atoms in total. The number of nitrogens with zero attached hydrogens (tertiary/aromatic N) is 5. The van der Waals surface area contributed by atoms with E-state index in [-0.39, 0.29) is 5.84 Å². The van der Waals surface area contributed by atoms with Crippen LogP contribution in [0.4, 0.5) is 0 Å². The Bertz CT molecular complexity index is 447. The fourth-order valence-corrected chi connectivity index (χ4v) is 2.41. The van der Waals surface area contributed by atoms with E-state index < -0.39 is 0 Å². The van der Waals surface area contributed by atoms with Crippen LogP contribution >= 0.6 is 0 Å². The Morgan fingerprint density at radius 1 is 1.37 bits per heavy atom. The standard InChI is InChI=1S/C12H22N6O/c1-10-7-11(16(2)14-10)8-17-3-5-18(6-4-17)9-12(13)15-19/h7,19H,3-6,8-9H2,1-2H3,(H2,13,15). The number of oxime groups is 1. The Morgan fingerprint density at radius 3 is 2.53 bits per heavy atom. The molecule has 2 rings (SSSR count). The molecule has 7 heteroatoms. The molecule has 106 valence electrons. The van der Waals surface area contributed by atoms with E-state index in [1.54, 1.807) is 0 Å². The van der Waals surface area contributed by atoms with Gasteiger partial charge in [-0.3, -0.25) is 14.5 Å². The molecule has 0 atom stereocenters. The van der Waals surface area contributed by atoms with Gasteiger partial charge in [0, 0.05) is 39.8 Å². The third-order valence-electron chi connectivity index (χ3n) is 3.46. The van der Waals surface area contributed by atoms with Gasteiger partial charge in [-0.1, -0.05) is 5.16 Å². The molecule has 3 N–H and O–H groups in total. The second kappa shape index (κ2) is 6.03. The smallest absolute Gasteiger partial charge is 0.153 e. The normalized spacial score (nSPS) is 18.9. The minimum atomic E-state index is 0.274. The van der Waals surface area contributed by atoms with Crippen LogP contribution in [0.1, 0.15) is 11.4 Å². The van der Waals surface area contributed by atoms with Crippen LogP contribution in [0, 0.1) is 6.92 Å². The molecular weight excluding hydrogens is 244 g/mol. The number of nitrogens with two attached hydrogens (primary N) is 1. The van der Waals surface area contributed by atoms with Gasteiger partial charge >= 0.3 is 0 Å². The number of amidine groups is 1. The second-order valence-electron chi connectivity index (χ2n) is 5.04. The molecule has 2 heterocycles. The number of rotatable bonds is 4. The molecule has 1 aliphatic rings. The van der Waals surface area contributed by atoms with E-state index in [2.05, 4.69) is 26.1 Å². The van der Waals surface area contributed by atoms with E-state index in [1.165, 1.54) is 5.69 Å². The molecule has 0 unspecified atom stereocenters. The summed E-state index contributed by atoms with van der Waals surface area (Å²) in [4.78, 5) is 4.60. The maximum Gasteiger partial charge on any atom is 0.153 e. The summed E-state index contributed by atoms with van der Waals surface area (Å²) < 4.78 is 1.94. The first-order valence-corrected chi connectivity index (χ1v) is 6.49. The molecule has 1 aliphatic heterocycles. The minimum Gasteiger partial charge on any atom is -0.409 e. The predicted octanol–water partition coefficient (Wildman–Crippen LogP) is -0.407. The van der Waals surface area contributed by atoms with Gasteiger partial charge in [0.05, 0.1) is 17.9 Å². The van der Waals surface area contributed by atoms with Gasteiger partial charge in [0.25, 0.3) is 0 Å². The van der Waals surface area contributed by atoms with Crippen molar-refractivity contribution in [2.45, 2.75) is 13.5 Å². The van der Waals surface area contributed by atoms with E-state index in [1.807, 2.05) is 18.7 Å². The zero-order valence-electron chi connectivity index (χ0n) is 11.6. The van der Waals surface area contributed by atoms with Crippen molar-refractivity contribution < 1.29 is 5.21 Å². The quantitative estimate of drug-likeness (QED) is 0.335. The Labute approximate surface area is 113 Å². The van der Waals surface area contributed by atoms with E-state index in [0.29, 0.717) is 6.54 Å². The lowest BCUT2D eigenvalue weighted by molar-refractivity contribution is 0.136. The molecule has 0 bridgehead atoms. The topological polar surface area (TPSA) is 82.9 Å². The molecule has 1 aromatic rings. The lowest BCUT2D eigenvalue weighted by Gasteiger charge is -2.34. The highest BCUT2D eigenvalue weighted by atomic mass is 16.4. The Hall–Kier alpha value is -1.60. The zero-order valence-corrected chi connectivity index (χ0v) is 11.6. The monoisotopic (exact) mass is 266 g/mol. The first-order valence-electron chi connectivity index (χ1n) is 6.49. The second-order valence-corrected chi connectivity index (χ2v) is 5.04. The van der Waals surface area contributed by atoms with Crippen molar-refractivity contribution in [3.05, 3.63) is 17.5 Å². The van der Waals surface area contributed by atoms with Crippen LogP contribution < -0.4 is 5.73 Å². The van der Waals surface area contributed by atoms with Gasteiger partial charge in [0.15, 0.2) is 5.84 Å². The van der Waals surface area contributed by atoms with Crippen LogP contribution in [0.5, 0.6) is 0 Å². The summed E-state index contributed by atoms with van der Waals surface area (Å²) in [5, 5.41) is 15.9. The Balaban J connectivity index is 1.82. The third kappa shape index (κ3) is 3.68. The number of piperazine rings is 1. The van der Waals surface area contributed by atoms with Crippen LogP contribution in [0.25, 0.3) is 0 Å². The summed E-state index contributed by atoms with van der Waals surface area (Å²) in [5.41, 5.74) is 7.81. The van der Waals surface area contributed by atoms with Gasteiger partial charge in [-0.05, 0) is 13.0 Å². The van der Waals surface area contributed by atoms with E-state index in [4.69, 9.17) is 10.9 Å². The predicted molar refractivity (Wildman–Crippen MR) is 73.1 cm³/mol. The van der Waals surface area contributed by atoms with Crippen molar-refractivity contribution in [1.29, 1.82) is 0 Å². The first kappa shape index (κ1) is 13.8. The van der Waals surface area contributed by atoms with Crippen molar-refractivity contribution in [3.8, 4) is 0 Å². The molecule has 19 heavy (non-hydrogen) atoms. The Kier molecular flexibility index (Phi) is 4.39. The van der Waals surface area contributed by atoms with Gasteiger partial charge in [-0.25, -0.2) is 0 Å². The lowest BCUT2D eigenvalue weighted by Crippen LogP contribution is -2.48. The van der Waals surface area contributed by atoms with Gasteiger partial charge in [-0.2, -0.15) is 5.10 Å². The summed E-state index contributed by atoms with van der Waals surface area (Å²) in [7, 11) is 1.98. The summed E-state index contributed by atoms with van der Waals surface area (Å²) >= 11 is 0. The highest BCUT2D eigenvalue weighted by Gasteiger charge is 2.18. The summed E-state index contributed by atoms with van der Waals surface area (Å²) in [5.74, 6) is 0.274. The molecular formula is C12H22N6O. The SMILES string of the molecule is Cc1cc(CN2CCN(CC(N)=NO)CC2)n(C)n1. The van der Waals surface area contributed by atoms with Crippen molar-refractivity contribution in [2.24, 2.45) is 17.9 Å². The zero-order chi connectivity index (χ0) is 13.8. The number of hydrogen-bond donors (Lipinski definition) is 2. The third-order valence-corrected chi connectivity index (χ3v) is 3.46. The Morgan fingerprint density at radius 2 is 2.00 bits per heavy atom. The van der Waals surface area contributed by atoms with E-state index in [9.17, 15) is 0 Å². The molecule has 0 aromatic carbocycles. The maximum atomic E-state index is 8.56. The van der Waals surface area contributed by atoms with E-state index >= 15 is 0 Å². The molecule has 1 aromatic heterocycles. The summed E-state index contributed by atoms with van der Waals surface area (Å²) in [6.45, 7) is 7.33. The summed E-state index contributed by atoms with van der Waals surface area (Å²) in [6.07, 6.45) is 0. The molecule has 0 radical (unpaired) electrons. The highest BCUT2D eigenvalue weighted by molar-refractivity contribution is 5.81. The highest BCUT2D eigenvalue weighted by Crippen LogP contribution is 2.09. The number of aryl methyl sites for hydroxylation is 2. The number of aromatic nitrogens is 2. The molecule has 0 saturated carbocycles. The van der Waals surface area contributed by atoms with Crippen LogP contribution in [0.2, 0.25) is 0 Å². The fraction of sp³-hybridized carbons (Fsp3) is 0.667. The first-order chi connectivity index (χ1) is 9.08. The van der Waals surface area contributed by atoms with Crippen molar-refractivity contribution in [2.75, 3.05) is 32.7 Å². The average molecular weight is 266 g/mol. The minimum absolute atomic E-state index is 0.274. The summed E-state index contributed by atoms with van der Waals surface area (Å²) in [6, 6.07) is 2.13. The van der Waals surface area contributed by atoms with Crippen LogP contribution in [-0.4, -0.2) is 63.3 Å².